The lowest BCUT2D eigenvalue weighted by Crippen LogP contribution is -2.54. The highest BCUT2D eigenvalue weighted by Gasteiger charge is 2.30. The lowest BCUT2D eigenvalue weighted by molar-refractivity contribution is -0.368. The SMILES string of the molecule is CC(C)CC(NC(=O)CNC(=O)C(N)CSC(C(=O)Nc1ncc(-c2ccc(O)cc2)nc1Cc1ccccc1)c1ccc(F)cc1F)C(=O)NC(CCCC[NH3+])C(=O)O. The van der Waals surface area contributed by atoms with Gasteiger partial charge in [0.25, 0.3) is 0 Å². The second-order valence-corrected chi connectivity index (χ2v) is 15.6. The van der Waals surface area contributed by atoms with Crippen LogP contribution >= 0.6 is 11.8 Å². The highest BCUT2D eigenvalue weighted by atomic mass is 32.2. The first-order valence-corrected chi connectivity index (χ1v) is 20.4. The molecule has 0 spiro atoms. The molecule has 0 saturated heterocycles. The number of carbonyl (C=O) groups is 5. The molecule has 320 valence electrons. The van der Waals surface area contributed by atoms with Gasteiger partial charge in [-0.25, -0.2) is 23.5 Å². The Morgan fingerprint density at radius 3 is 2.27 bits per heavy atom. The number of amides is 4. The number of nitrogens with zero attached hydrogens (tertiary/aromatic N) is 2. The number of quaternary nitrogens is 1. The predicted molar refractivity (Wildman–Crippen MR) is 222 cm³/mol. The minimum atomic E-state index is -1.36. The first-order chi connectivity index (χ1) is 28.6. The van der Waals surface area contributed by atoms with E-state index in [0.717, 1.165) is 29.5 Å². The van der Waals surface area contributed by atoms with E-state index in [1.54, 1.807) is 12.1 Å². The van der Waals surface area contributed by atoms with E-state index in [4.69, 9.17) is 10.7 Å². The summed E-state index contributed by atoms with van der Waals surface area (Å²) in [5.41, 5.74) is 12.1. The summed E-state index contributed by atoms with van der Waals surface area (Å²) < 4.78 is 29.2. The van der Waals surface area contributed by atoms with E-state index in [0.29, 0.717) is 42.4 Å². The van der Waals surface area contributed by atoms with Gasteiger partial charge in [-0.3, -0.25) is 19.2 Å². The molecular weight excluding hydrogens is 799 g/mol. The normalized spacial score (nSPS) is 13.1. The van der Waals surface area contributed by atoms with Crippen LogP contribution in [0.25, 0.3) is 11.3 Å². The van der Waals surface area contributed by atoms with Gasteiger partial charge >= 0.3 is 5.97 Å². The third kappa shape index (κ3) is 14.4. The number of nitrogens with two attached hydrogens (primary N) is 1. The minimum absolute atomic E-state index is 0.0565. The van der Waals surface area contributed by atoms with E-state index < -0.39 is 71.2 Å². The Hall–Kier alpha value is -5.98. The monoisotopic (exact) mass is 849 g/mol. The second-order valence-electron chi connectivity index (χ2n) is 14.5. The van der Waals surface area contributed by atoms with Crippen LogP contribution in [-0.4, -0.2) is 86.7 Å². The molecular formula is C42H51F2N8O7S+. The molecule has 0 aliphatic heterocycles. The fraction of sp³-hybridized carbons (Fsp3) is 0.357. The van der Waals surface area contributed by atoms with Crippen LogP contribution in [0, 0.1) is 17.6 Å². The maximum absolute atomic E-state index is 15.3. The van der Waals surface area contributed by atoms with Crippen LogP contribution in [0.4, 0.5) is 14.6 Å². The number of rotatable bonds is 22. The zero-order chi connectivity index (χ0) is 43.8. The van der Waals surface area contributed by atoms with Gasteiger partial charge in [0.15, 0.2) is 5.82 Å². The van der Waals surface area contributed by atoms with Gasteiger partial charge in [0.05, 0.1) is 36.7 Å². The van der Waals surface area contributed by atoms with E-state index in [9.17, 15) is 38.6 Å². The molecule has 0 aliphatic carbocycles. The Morgan fingerprint density at radius 2 is 1.62 bits per heavy atom. The van der Waals surface area contributed by atoms with Crippen LogP contribution in [0.1, 0.15) is 61.6 Å². The summed E-state index contributed by atoms with van der Waals surface area (Å²) in [6, 6.07) is 14.8. The lowest BCUT2D eigenvalue weighted by Gasteiger charge is -2.23. The van der Waals surface area contributed by atoms with E-state index in [1.807, 2.05) is 44.2 Å². The number of phenols is 1. The summed E-state index contributed by atoms with van der Waals surface area (Å²) in [5.74, 6) is -6.22. The molecule has 1 aromatic heterocycles. The van der Waals surface area contributed by atoms with Crippen LogP contribution in [0.5, 0.6) is 5.75 Å². The standard InChI is InChI=1S/C42H50F2N8O7S/c1-24(2)18-34(40(56)51-32(42(58)59)10-6-7-17-45)50-36(54)22-48-39(55)31(46)23-60-37(29-16-13-27(43)20-30(29)44)41(57)52-38-33(19-25-8-4-3-5-9-25)49-35(21-47-38)26-11-14-28(53)15-12-26/h3-5,8-9,11-16,20-21,24,31-32,34,37,53H,6-7,10,17-19,22-23,45-46H2,1-2H3,(H,48,55)(H,50,54)(H,51,56)(H,58,59)(H,47,52,57)/p+1. The summed E-state index contributed by atoms with van der Waals surface area (Å²) >= 11 is 0.803. The molecule has 0 bridgehead atoms. The zero-order valence-corrected chi connectivity index (χ0v) is 34.1. The van der Waals surface area contributed by atoms with Gasteiger partial charge in [-0.2, -0.15) is 0 Å². The van der Waals surface area contributed by atoms with Gasteiger partial charge in [-0.1, -0.05) is 50.2 Å². The fourth-order valence-electron chi connectivity index (χ4n) is 6.00. The highest BCUT2D eigenvalue weighted by Crippen LogP contribution is 2.33. The largest absolute Gasteiger partial charge is 0.508 e. The number of anilines is 1. The van der Waals surface area contributed by atoms with Crippen LogP contribution in [0.2, 0.25) is 0 Å². The van der Waals surface area contributed by atoms with E-state index in [1.165, 1.54) is 18.3 Å². The maximum Gasteiger partial charge on any atom is 0.326 e. The second kappa shape index (κ2) is 23.0. The fourth-order valence-corrected chi connectivity index (χ4v) is 7.13. The Balaban J connectivity index is 1.46. The molecule has 4 amide bonds. The Labute approximate surface area is 350 Å². The minimum Gasteiger partial charge on any atom is -0.508 e. The van der Waals surface area contributed by atoms with Crippen molar-refractivity contribution in [3.63, 3.8) is 0 Å². The molecule has 4 aromatic rings. The number of nitrogens with one attached hydrogen (secondary N) is 4. The number of aliphatic carboxylic acids is 1. The molecule has 0 radical (unpaired) electrons. The van der Waals surface area contributed by atoms with Crippen molar-refractivity contribution in [2.75, 3.05) is 24.2 Å². The van der Waals surface area contributed by atoms with Gasteiger partial charge in [0.1, 0.15) is 34.7 Å². The number of aromatic hydroxyl groups is 1. The van der Waals surface area contributed by atoms with Crippen molar-refractivity contribution in [1.29, 1.82) is 0 Å². The van der Waals surface area contributed by atoms with Crippen LogP contribution in [0.15, 0.2) is 79.0 Å². The molecule has 0 fully saturated rings. The number of thioether (sulfide) groups is 1. The molecule has 0 saturated carbocycles. The quantitative estimate of drug-likeness (QED) is 0.0534. The number of carboxylic acid groups (broad SMARTS) is 1. The molecule has 4 atom stereocenters. The van der Waals surface area contributed by atoms with Gasteiger partial charge in [0.2, 0.25) is 23.6 Å². The number of hydrogen-bond donors (Lipinski definition) is 8. The summed E-state index contributed by atoms with van der Waals surface area (Å²) in [6.45, 7) is 3.69. The van der Waals surface area contributed by atoms with E-state index >= 15 is 4.39 Å². The van der Waals surface area contributed by atoms with Crippen LogP contribution in [-0.2, 0) is 30.4 Å². The molecule has 4 rings (SSSR count). The van der Waals surface area contributed by atoms with E-state index in [2.05, 4.69) is 32.0 Å². The van der Waals surface area contributed by atoms with Crippen molar-refractivity contribution < 1.29 is 48.7 Å². The first kappa shape index (κ1) is 46.7. The molecule has 0 aliphatic rings. The number of halogens is 2. The topological polar surface area (TPSA) is 253 Å². The van der Waals surface area contributed by atoms with Crippen molar-refractivity contribution in [3.05, 3.63) is 107 Å². The highest BCUT2D eigenvalue weighted by molar-refractivity contribution is 8.00. The summed E-state index contributed by atoms with van der Waals surface area (Å²) in [5, 5.41) is 28.2. The molecule has 4 unspecified atom stereocenters. The zero-order valence-electron chi connectivity index (χ0n) is 33.3. The predicted octanol–water partition coefficient (Wildman–Crippen LogP) is 3.09. The third-order valence-electron chi connectivity index (χ3n) is 9.12. The van der Waals surface area contributed by atoms with Crippen molar-refractivity contribution in [1.82, 2.24) is 25.9 Å². The molecule has 11 N–H and O–H groups in total. The van der Waals surface area contributed by atoms with Crippen molar-refractivity contribution in [2.24, 2.45) is 11.7 Å². The average Bonchev–Trinajstić information content (AvgIpc) is 3.21. The van der Waals surface area contributed by atoms with Gasteiger partial charge in [0, 0.05) is 29.4 Å². The summed E-state index contributed by atoms with van der Waals surface area (Å²) in [4.78, 5) is 74.0. The molecule has 60 heavy (non-hydrogen) atoms. The van der Waals surface area contributed by atoms with Gasteiger partial charge in [-0.15, -0.1) is 11.8 Å². The third-order valence-corrected chi connectivity index (χ3v) is 10.5. The number of aromatic nitrogens is 2. The van der Waals surface area contributed by atoms with Crippen LogP contribution in [0.3, 0.4) is 0 Å². The first-order valence-electron chi connectivity index (χ1n) is 19.4. The van der Waals surface area contributed by atoms with Gasteiger partial charge in [-0.05, 0) is 67.5 Å². The number of unbranched alkanes of at least 4 members (excludes halogenated alkanes) is 1. The molecule has 3 aromatic carbocycles. The Bertz CT molecular complexity index is 2100. The van der Waals surface area contributed by atoms with Gasteiger partial charge < -0.3 is 42.9 Å². The number of phenolic OH excluding ortho intramolecular Hbond substituents is 1. The number of carbonyl (C=O) groups excluding carboxylic acids is 4. The molecule has 1 heterocycles. The Kier molecular flexibility index (Phi) is 17.9. The molecule has 18 heteroatoms. The van der Waals surface area contributed by atoms with Crippen molar-refractivity contribution in [2.45, 2.75) is 69.3 Å². The molecule has 15 nitrogen and oxygen atoms in total. The summed E-state index contributed by atoms with van der Waals surface area (Å²) in [7, 11) is 0. The number of carboxylic acids is 1. The number of hydrogen-bond acceptors (Lipinski definition) is 10. The summed E-state index contributed by atoms with van der Waals surface area (Å²) in [6.07, 6.45) is 3.30. The van der Waals surface area contributed by atoms with Crippen LogP contribution < -0.4 is 32.7 Å². The van der Waals surface area contributed by atoms with E-state index in [-0.39, 0.29) is 48.1 Å². The maximum atomic E-state index is 15.3. The number of benzene rings is 3. The van der Waals surface area contributed by atoms with Crippen molar-refractivity contribution >= 4 is 47.2 Å². The lowest BCUT2D eigenvalue weighted by atomic mass is 10.0. The van der Waals surface area contributed by atoms with Crippen molar-refractivity contribution in [3.8, 4) is 17.0 Å². The smallest absolute Gasteiger partial charge is 0.326 e. The average molecular weight is 850 g/mol. The Morgan fingerprint density at radius 1 is 0.900 bits per heavy atom.